The highest BCUT2D eigenvalue weighted by atomic mass is 16.4. The fourth-order valence-corrected chi connectivity index (χ4v) is 1.14. The Kier molecular flexibility index (Phi) is 3.68. The minimum absolute atomic E-state index is 0.258. The average molecular weight is 226 g/mol. The largest absolute Gasteiger partial charge is 0.480 e. The Morgan fingerprint density at radius 1 is 1.56 bits per heavy atom. The molecule has 0 spiro atoms. The lowest BCUT2D eigenvalue weighted by molar-refractivity contribution is -0.140. The molecular formula is C10H14N2O4. The van der Waals surface area contributed by atoms with Crippen molar-refractivity contribution in [1.82, 2.24) is 0 Å². The third-order valence-corrected chi connectivity index (χ3v) is 2.14. The van der Waals surface area contributed by atoms with E-state index in [9.17, 15) is 9.59 Å². The predicted molar refractivity (Wildman–Crippen MR) is 57.1 cm³/mol. The average Bonchev–Trinajstić information content (AvgIpc) is 2.63. The molecule has 3 N–H and O–H groups in total. The van der Waals surface area contributed by atoms with Gasteiger partial charge in [0.05, 0.1) is 6.42 Å². The number of carbonyl (C=O) groups excluding carboxylic acids is 1. The van der Waals surface area contributed by atoms with Gasteiger partial charge in [0.2, 0.25) is 11.8 Å². The number of aliphatic carboxylic acids is 1. The summed E-state index contributed by atoms with van der Waals surface area (Å²) in [6, 6.07) is 2.17. The highest BCUT2D eigenvalue weighted by Crippen LogP contribution is 2.17. The van der Waals surface area contributed by atoms with E-state index in [1.807, 2.05) is 0 Å². The summed E-state index contributed by atoms with van der Waals surface area (Å²) in [4.78, 5) is 23.3. The number of carboxylic acids is 1. The van der Waals surface area contributed by atoms with E-state index in [0.717, 1.165) is 0 Å². The molecule has 88 valence electrons. The molecule has 1 rings (SSSR count). The first-order valence-corrected chi connectivity index (χ1v) is 4.73. The van der Waals surface area contributed by atoms with E-state index in [1.54, 1.807) is 19.1 Å². The number of carboxylic acid groups (broad SMARTS) is 1. The van der Waals surface area contributed by atoms with Gasteiger partial charge in [-0.3, -0.25) is 14.5 Å². The van der Waals surface area contributed by atoms with Crippen LogP contribution in [0.25, 0.3) is 0 Å². The number of nitrogens with zero attached hydrogens (tertiary/aromatic N) is 1. The molecule has 0 saturated carbocycles. The molecule has 0 aliphatic carbocycles. The number of hydrogen-bond donors (Lipinski definition) is 2. The Bertz CT molecular complexity index is 399. The molecule has 0 aliphatic heterocycles. The van der Waals surface area contributed by atoms with Gasteiger partial charge >= 0.3 is 5.97 Å². The van der Waals surface area contributed by atoms with Crippen LogP contribution in [0.5, 0.6) is 0 Å². The van der Waals surface area contributed by atoms with E-state index in [4.69, 9.17) is 15.3 Å². The van der Waals surface area contributed by atoms with Crippen molar-refractivity contribution in [2.24, 2.45) is 5.73 Å². The van der Waals surface area contributed by atoms with Crippen LogP contribution in [0.1, 0.15) is 12.2 Å². The van der Waals surface area contributed by atoms with Gasteiger partial charge in [0.25, 0.3) is 0 Å². The van der Waals surface area contributed by atoms with E-state index in [1.165, 1.54) is 11.9 Å². The smallest absolute Gasteiger partial charge is 0.321 e. The van der Waals surface area contributed by atoms with E-state index in [-0.39, 0.29) is 6.42 Å². The van der Waals surface area contributed by atoms with E-state index in [2.05, 4.69) is 0 Å². The lowest BCUT2D eigenvalue weighted by Crippen LogP contribution is -2.37. The molecular weight excluding hydrogens is 212 g/mol. The molecule has 0 saturated heterocycles. The van der Waals surface area contributed by atoms with Gasteiger partial charge in [-0.1, -0.05) is 0 Å². The van der Waals surface area contributed by atoms with Gasteiger partial charge in [-0.2, -0.15) is 0 Å². The van der Waals surface area contributed by atoms with Crippen LogP contribution in [0.4, 0.5) is 5.88 Å². The van der Waals surface area contributed by atoms with Gasteiger partial charge in [0, 0.05) is 13.1 Å². The van der Waals surface area contributed by atoms with Crippen molar-refractivity contribution in [2.45, 2.75) is 19.4 Å². The number of amides is 1. The summed E-state index contributed by atoms with van der Waals surface area (Å²) < 4.78 is 5.23. The third-order valence-electron chi connectivity index (χ3n) is 2.14. The zero-order valence-electron chi connectivity index (χ0n) is 9.14. The van der Waals surface area contributed by atoms with Crippen LogP contribution in [-0.4, -0.2) is 30.1 Å². The second-order valence-corrected chi connectivity index (χ2v) is 3.49. The Morgan fingerprint density at radius 2 is 2.19 bits per heavy atom. The summed E-state index contributed by atoms with van der Waals surface area (Å²) in [5, 5.41) is 8.57. The van der Waals surface area contributed by atoms with Crippen LogP contribution >= 0.6 is 0 Å². The molecule has 1 atom stereocenters. The van der Waals surface area contributed by atoms with E-state index in [0.29, 0.717) is 11.6 Å². The summed E-state index contributed by atoms with van der Waals surface area (Å²) in [6.45, 7) is 1.75. The highest BCUT2D eigenvalue weighted by Gasteiger charge is 2.21. The normalized spacial score (nSPS) is 12.2. The van der Waals surface area contributed by atoms with E-state index < -0.39 is 17.9 Å². The number of hydrogen-bond acceptors (Lipinski definition) is 4. The van der Waals surface area contributed by atoms with Crippen LogP contribution in [0.2, 0.25) is 0 Å². The standard InChI is InChI=1S/C10H14N2O4/c1-6-3-4-9(16-6)12(2)8(13)5-7(11)10(14)15/h3-4,7H,5,11H2,1-2H3,(H,14,15). The van der Waals surface area contributed by atoms with Crippen molar-refractivity contribution in [2.75, 3.05) is 11.9 Å². The Morgan fingerprint density at radius 3 is 2.62 bits per heavy atom. The molecule has 0 aliphatic rings. The highest BCUT2D eigenvalue weighted by molar-refractivity contribution is 5.94. The van der Waals surface area contributed by atoms with Crippen LogP contribution in [0.3, 0.4) is 0 Å². The molecule has 1 aromatic rings. The Labute approximate surface area is 92.6 Å². The van der Waals surface area contributed by atoms with Gasteiger partial charge in [0.1, 0.15) is 11.8 Å². The third kappa shape index (κ3) is 2.83. The topological polar surface area (TPSA) is 96.8 Å². The SMILES string of the molecule is Cc1ccc(N(C)C(=O)CC(N)C(=O)O)o1. The van der Waals surface area contributed by atoms with Gasteiger partial charge in [0.15, 0.2) is 0 Å². The number of furan rings is 1. The Hall–Kier alpha value is -1.82. The van der Waals surface area contributed by atoms with Crippen molar-refractivity contribution in [3.8, 4) is 0 Å². The first-order chi connectivity index (χ1) is 7.41. The molecule has 1 heterocycles. The zero-order chi connectivity index (χ0) is 12.3. The van der Waals surface area contributed by atoms with Crippen molar-refractivity contribution >= 4 is 17.8 Å². The lowest BCUT2D eigenvalue weighted by Gasteiger charge is -2.15. The molecule has 6 nitrogen and oxygen atoms in total. The Balaban J connectivity index is 2.64. The summed E-state index contributed by atoms with van der Waals surface area (Å²) in [5.74, 6) is -0.543. The number of rotatable bonds is 4. The minimum atomic E-state index is -1.20. The van der Waals surface area contributed by atoms with Gasteiger partial charge in [-0.25, -0.2) is 0 Å². The molecule has 6 heteroatoms. The monoisotopic (exact) mass is 226 g/mol. The summed E-state index contributed by atoms with van der Waals surface area (Å²) in [6.07, 6.45) is -0.258. The molecule has 0 bridgehead atoms. The number of aryl methyl sites for hydroxylation is 1. The zero-order valence-corrected chi connectivity index (χ0v) is 9.14. The summed E-state index contributed by atoms with van der Waals surface area (Å²) in [5.41, 5.74) is 5.26. The maximum absolute atomic E-state index is 11.6. The van der Waals surface area contributed by atoms with Crippen molar-refractivity contribution in [1.29, 1.82) is 0 Å². The number of anilines is 1. The maximum Gasteiger partial charge on any atom is 0.321 e. The minimum Gasteiger partial charge on any atom is -0.480 e. The number of carbonyl (C=O) groups is 2. The fraction of sp³-hybridized carbons (Fsp3) is 0.400. The maximum atomic E-state index is 11.6. The first-order valence-electron chi connectivity index (χ1n) is 4.73. The quantitative estimate of drug-likeness (QED) is 0.772. The summed E-state index contributed by atoms with van der Waals surface area (Å²) >= 11 is 0. The van der Waals surface area contributed by atoms with Crippen LogP contribution in [0.15, 0.2) is 16.5 Å². The fourth-order valence-electron chi connectivity index (χ4n) is 1.14. The van der Waals surface area contributed by atoms with Crippen LogP contribution in [-0.2, 0) is 9.59 Å². The number of nitrogens with two attached hydrogens (primary N) is 1. The summed E-state index contributed by atoms with van der Waals surface area (Å²) in [7, 11) is 1.51. The van der Waals surface area contributed by atoms with Gasteiger partial charge in [-0.05, 0) is 13.0 Å². The lowest BCUT2D eigenvalue weighted by atomic mass is 10.2. The van der Waals surface area contributed by atoms with Crippen molar-refractivity contribution in [3.63, 3.8) is 0 Å². The van der Waals surface area contributed by atoms with Crippen LogP contribution < -0.4 is 10.6 Å². The van der Waals surface area contributed by atoms with Crippen LogP contribution in [0, 0.1) is 6.92 Å². The molecule has 16 heavy (non-hydrogen) atoms. The van der Waals surface area contributed by atoms with Gasteiger partial charge in [-0.15, -0.1) is 0 Å². The molecule has 0 aromatic carbocycles. The molecule has 1 amide bonds. The van der Waals surface area contributed by atoms with Crippen molar-refractivity contribution in [3.05, 3.63) is 17.9 Å². The molecule has 1 aromatic heterocycles. The van der Waals surface area contributed by atoms with Crippen molar-refractivity contribution < 1.29 is 19.1 Å². The second-order valence-electron chi connectivity index (χ2n) is 3.49. The first kappa shape index (κ1) is 12.3. The second kappa shape index (κ2) is 4.80. The van der Waals surface area contributed by atoms with E-state index >= 15 is 0 Å². The molecule has 0 radical (unpaired) electrons. The molecule has 1 unspecified atom stereocenters. The predicted octanol–water partition coefficient (Wildman–Crippen LogP) is 0.353. The molecule has 0 fully saturated rings. The van der Waals surface area contributed by atoms with Gasteiger partial charge < -0.3 is 15.3 Å².